The lowest BCUT2D eigenvalue weighted by Gasteiger charge is -2.07. The van der Waals surface area contributed by atoms with Crippen molar-refractivity contribution in [3.63, 3.8) is 0 Å². The minimum atomic E-state index is -4.87. The summed E-state index contributed by atoms with van der Waals surface area (Å²) in [6, 6.07) is 1.75. The number of nitrogen functional groups attached to an aromatic ring is 1. The molecule has 0 aliphatic rings. The van der Waals surface area contributed by atoms with Crippen LogP contribution in [0, 0.1) is 10.1 Å². The average Bonchev–Trinajstić information content (AvgIpc) is 2.14. The molecule has 0 unspecified atom stereocenters. The maximum Gasteiger partial charge on any atom is 0.446 e. The molecule has 0 amide bonds. The highest BCUT2D eigenvalue weighted by molar-refractivity contribution is 7.81. The summed E-state index contributed by atoms with van der Waals surface area (Å²) in [5, 5.41) is 10.6. The van der Waals surface area contributed by atoms with Crippen LogP contribution in [-0.2, 0) is 10.4 Å². The van der Waals surface area contributed by atoms with Crippen LogP contribution in [-0.4, -0.2) is 25.0 Å². The van der Waals surface area contributed by atoms with E-state index in [2.05, 4.69) is 4.18 Å². The second-order valence-corrected chi connectivity index (χ2v) is 3.85. The van der Waals surface area contributed by atoms with Gasteiger partial charge in [-0.2, -0.15) is 8.42 Å². The second-order valence-electron chi connectivity index (χ2n) is 2.83. The summed E-state index contributed by atoms with van der Waals surface area (Å²) in [5.41, 5.74) is 4.64. The van der Waals surface area contributed by atoms with Crippen LogP contribution in [0.5, 0.6) is 11.5 Å². The van der Waals surface area contributed by atoms with E-state index in [1.165, 1.54) is 7.11 Å². The van der Waals surface area contributed by atoms with Crippen LogP contribution in [0.4, 0.5) is 11.4 Å². The minimum absolute atomic E-state index is 0.0145. The van der Waals surface area contributed by atoms with Crippen molar-refractivity contribution in [2.24, 2.45) is 0 Å². The number of nitro benzene ring substituents is 1. The fourth-order valence-electron chi connectivity index (χ4n) is 1.06. The Labute approximate surface area is 95.9 Å². The average molecular weight is 264 g/mol. The van der Waals surface area contributed by atoms with Crippen LogP contribution in [0.25, 0.3) is 0 Å². The zero-order valence-electron chi connectivity index (χ0n) is 8.48. The molecule has 0 heterocycles. The summed E-state index contributed by atoms with van der Waals surface area (Å²) in [7, 11) is -3.64. The first-order valence-electron chi connectivity index (χ1n) is 4.03. The Balaban J connectivity index is 3.38. The molecule has 0 bridgehead atoms. The molecule has 0 spiro atoms. The summed E-state index contributed by atoms with van der Waals surface area (Å²) in [6.07, 6.45) is 0. The lowest BCUT2D eigenvalue weighted by molar-refractivity contribution is -0.385. The first kappa shape index (κ1) is 13.0. The lowest BCUT2D eigenvalue weighted by atomic mass is 10.2. The molecule has 0 aliphatic heterocycles. The van der Waals surface area contributed by atoms with Crippen LogP contribution >= 0.6 is 0 Å². The number of benzene rings is 1. The van der Waals surface area contributed by atoms with Crippen LogP contribution in [0.1, 0.15) is 0 Å². The van der Waals surface area contributed by atoms with E-state index in [-0.39, 0.29) is 11.4 Å². The zero-order valence-corrected chi connectivity index (χ0v) is 9.30. The maximum absolute atomic E-state index is 10.6. The second kappa shape index (κ2) is 4.43. The van der Waals surface area contributed by atoms with Crippen molar-refractivity contribution in [1.82, 2.24) is 0 Å². The number of nitro groups is 1. The highest BCUT2D eigenvalue weighted by atomic mass is 32.3. The maximum atomic E-state index is 10.6. The van der Waals surface area contributed by atoms with Gasteiger partial charge in [-0.1, -0.05) is 0 Å². The van der Waals surface area contributed by atoms with E-state index < -0.39 is 26.8 Å². The molecule has 1 aromatic carbocycles. The normalized spacial score (nSPS) is 10.9. The number of ether oxygens (including phenoxy) is 1. The van der Waals surface area contributed by atoms with E-state index in [9.17, 15) is 18.5 Å². The van der Waals surface area contributed by atoms with E-state index in [0.717, 1.165) is 12.1 Å². The molecular formula is C7H8N2O7S. The first-order valence-corrected chi connectivity index (χ1v) is 5.40. The van der Waals surface area contributed by atoms with Gasteiger partial charge in [-0.25, -0.2) is 0 Å². The monoisotopic (exact) mass is 264 g/mol. The fraction of sp³-hybridized carbons (Fsp3) is 0.143. The SMILES string of the molecule is COc1cc([N+](=O)[O-])c(OS(=O)(=O)O)cc1N. The van der Waals surface area contributed by atoms with Gasteiger partial charge in [0.2, 0.25) is 5.75 Å². The number of nitrogens with two attached hydrogens (primary N) is 1. The van der Waals surface area contributed by atoms with Gasteiger partial charge in [0.1, 0.15) is 5.75 Å². The molecule has 0 aromatic heterocycles. The highest BCUT2D eigenvalue weighted by Crippen LogP contribution is 2.36. The summed E-state index contributed by atoms with van der Waals surface area (Å²) >= 11 is 0. The molecule has 1 aromatic rings. The molecule has 0 atom stereocenters. The molecular weight excluding hydrogens is 256 g/mol. The van der Waals surface area contributed by atoms with Crippen LogP contribution in [0.2, 0.25) is 0 Å². The number of hydrogen-bond donors (Lipinski definition) is 2. The summed E-state index contributed by atoms with van der Waals surface area (Å²) < 4.78 is 38.2. The Bertz CT molecular complexity index is 554. The molecule has 3 N–H and O–H groups in total. The van der Waals surface area contributed by atoms with Gasteiger partial charge in [-0.05, 0) is 0 Å². The summed E-state index contributed by atoms with van der Waals surface area (Å²) in [6.45, 7) is 0. The Hall–Kier alpha value is -2.07. The predicted octanol–water partition coefficient (Wildman–Crippen LogP) is 0.367. The van der Waals surface area contributed by atoms with Crippen molar-refractivity contribution in [3.05, 3.63) is 22.2 Å². The molecule has 0 fully saturated rings. The van der Waals surface area contributed by atoms with Crippen molar-refractivity contribution < 1.29 is 26.8 Å². The van der Waals surface area contributed by atoms with Gasteiger partial charge in [-0.15, -0.1) is 0 Å². The molecule has 1 rings (SSSR count). The standard InChI is InChI=1S/C7H8N2O7S/c1-15-6-3-5(9(10)11)7(2-4(6)8)16-17(12,13)14/h2-3H,8H2,1H3,(H,12,13,14). The van der Waals surface area contributed by atoms with E-state index in [4.69, 9.17) is 15.0 Å². The van der Waals surface area contributed by atoms with Gasteiger partial charge in [0.25, 0.3) is 0 Å². The highest BCUT2D eigenvalue weighted by Gasteiger charge is 2.23. The van der Waals surface area contributed by atoms with Gasteiger partial charge in [0.15, 0.2) is 0 Å². The fourth-order valence-corrected chi connectivity index (χ4v) is 1.43. The van der Waals surface area contributed by atoms with E-state index in [1.54, 1.807) is 0 Å². The third kappa shape index (κ3) is 3.19. The first-order chi connectivity index (χ1) is 7.74. The summed E-state index contributed by atoms with van der Waals surface area (Å²) in [5.74, 6) is -0.713. The topological polar surface area (TPSA) is 142 Å². The molecule has 0 aliphatic carbocycles. The molecule has 0 radical (unpaired) electrons. The number of anilines is 1. The molecule has 0 saturated heterocycles. The smallest absolute Gasteiger partial charge is 0.446 e. The summed E-state index contributed by atoms with van der Waals surface area (Å²) in [4.78, 5) is 9.74. The van der Waals surface area contributed by atoms with Crippen molar-refractivity contribution in [3.8, 4) is 11.5 Å². The van der Waals surface area contributed by atoms with Crippen LogP contribution in [0.3, 0.4) is 0 Å². The van der Waals surface area contributed by atoms with E-state index >= 15 is 0 Å². The minimum Gasteiger partial charge on any atom is -0.494 e. The van der Waals surface area contributed by atoms with Gasteiger partial charge in [0, 0.05) is 6.07 Å². The molecule has 17 heavy (non-hydrogen) atoms. The van der Waals surface area contributed by atoms with Crippen LogP contribution in [0.15, 0.2) is 12.1 Å². The van der Waals surface area contributed by atoms with Gasteiger partial charge >= 0.3 is 16.1 Å². The van der Waals surface area contributed by atoms with Gasteiger partial charge in [0.05, 0.1) is 23.8 Å². The molecule has 10 heteroatoms. The van der Waals surface area contributed by atoms with Crippen molar-refractivity contribution in [2.45, 2.75) is 0 Å². The van der Waals surface area contributed by atoms with Gasteiger partial charge < -0.3 is 14.7 Å². The van der Waals surface area contributed by atoms with Crippen LogP contribution < -0.4 is 14.7 Å². The Morgan fingerprint density at radius 2 is 2.00 bits per heavy atom. The predicted molar refractivity (Wildman–Crippen MR) is 56.2 cm³/mol. The third-order valence-electron chi connectivity index (χ3n) is 1.70. The van der Waals surface area contributed by atoms with Crippen molar-refractivity contribution in [2.75, 3.05) is 12.8 Å². The van der Waals surface area contributed by atoms with Gasteiger partial charge in [-0.3, -0.25) is 14.7 Å². The Morgan fingerprint density at radius 3 is 2.41 bits per heavy atom. The molecule has 9 nitrogen and oxygen atoms in total. The lowest BCUT2D eigenvalue weighted by Crippen LogP contribution is -2.09. The largest absolute Gasteiger partial charge is 0.494 e. The Morgan fingerprint density at radius 1 is 1.41 bits per heavy atom. The van der Waals surface area contributed by atoms with Crippen molar-refractivity contribution in [1.29, 1.82) is 0 Å². The quantitative estimate of drug-likeness (QED) is 0.343. The van der Waals surface area contributed by atoms with Crippen molar-refractivity contribution >= 4 is 21.8 Å². The number of hydrogen-bond acceptors (Lipinski definition) is 7. The molecule has 0 saturated carbocycles. The number of rotatable bonds is 4. The third-order valence-corrected chi connectivity index (χ3v) is 2.09. The number of nitrogens with zero attached hydrogens (tertiary/aromatic N) is 1. The van der Waals surface area contributed by atoms with E-state index in [0.29, 0.717) is 0 Å². The molecule has 94 valence electrons. The Kier molecular flexibility index (Phi) is 3.39. The van der Waals surface area contributed by atoms with E-state index in [1.807, 2.05) is 0 Å². The number of methoxy groups -OCH3 is 1. The zero-order chi connectivity index (χ0) is 13.2.